The van der Waals surface area contributed by atoms with Gasteiger partial charge in [-0.05, 0) is 0 Å². The number of phosphoric ester groups is 2. The van der Waals surface area contributed by atoms with Gasteiger partial charge in [0.05, 0.1) is 13.2 Å². The first kappa shape index (κ1) is 39.2. The van der Waals surface area contributed by atoms with Crippen molar-refractivity contribution in [2.24, 2.45) is 0 Å². The lowest BCUT2D eigenvalue weighted by Gasteiger charge is -2.42. The van der Waals surface area contributed by atoms with E-state index in [2.05, 4.69) is 18.7 Å². The van der Waals surface area contributed by atoms with E-state index >= 15 is 0 Å². The molecule has 20 nitrogen and oxygen atoms in total. The Morgan fingerprint density at radius 3 is 2.09 bits per heavy atom. The average Bonchev–Trinajstić information content (AvgIpc) is 3.21. The largest absolute Gasteiger partial charge is 0.483 e. The van der Waals surface area contributed by atoms with Crippen molar-refractivity contribution >= 4 is 21.6 Å². The topological polar surface area (TPSA) is 306 Å². The highest BCUT2D eigenvalue weighted by Crippen LogP contribution is 2.61. The molecule has 3 heterocycles. The zero-order valence-corrected chi connectivity index (χ0v) is 25.6. The third kappa shape index (κ3) is 10.6. The summed E-state index contributed by atoms with van der Waals surface area (Å²) < 4.78 is 49.2. The monoisotopic (exact) mass is 667 g/mol. The van der Waals surface area contributed by atoms with Crippen molar-refractivity contribution in [2.45, 2.75) is 89.8 Å². The highest BCUT2D eigenvalue weighted by molar-refractivity contribution is 7.61. The number of nitrogens with one attached hydrogen (secondary N) is 2. The maximum Gasteiger partial charge on any atom is 0.483 e. The van der Waals surface area contributed by atoms with Crippen LogP contribution in [0.1, 0.15) is 40.8 Å². The van der Waals surface area contributed by atoms with Gasteiger partial charge in [-0.15, -0.1) is 0 Å². The Kier molecular flexibility index (Phi) is 15.5. The Labute approximate surface area is 245 Å². The molecule has 0 aromatic carbocycles. The number of ether oxygens (including phenoxy) is 2. The van der Waals surface area contributed by atoms with Crippen LogP contribution in [0.4, 0.5) is 0 Å². The quantitative estimate of drug-likeness (QED) is 0.116. The summed E-state index contributed by atoms with van der Waals surface area (Å²) in [5.74, 6) is -0.796. The number of aliphatic hydroxyl groups is 5. The molecule has 2 aliphatic rings. The minimum Gasteiger partial charge on any atom is -0.394 e. The van der Waals surface area contributed by atoms with Crippen LogP contribution in [-0.2, 0) is 36.8 Å². The zero-order valence-electron chi connectivity index (χ0n) is 23.8. The summed E-state index contributed by atoms with van der Waals surface area (Å²) in [5.41, 5.74) is -1.75. The van der Waals surface area contributed by atoms with Crippen LogP contribution in [0.25, 0.3) is 0 Å². The molecule has 0 radical (unpaired) electrons. The van der Waals surface area contributed by atoms with Crippen LogP contribution < -0.4 is 16.6 Å². The molecule has 250 valence electrons. The highest BCUT2D eigenvalue weighted by atomic mass is 31.3. The van der Waals surface area contributed by atoms with Crippen LogP contribution in [-0.4, -0.2) is 113 Å². The Balaban J connectivity index is 0.00000221. The smallest absolute Gasteiger partial charge is 0.394 e. The number of phosphoric acid groups is 2. The summed E-state index contributed by atoms with van der Waals surface area (Å²) in [5, 5.41) is 51.9. The molecule has 1 aromatic rings. The normalized spacial score (nSPS) is 33.1. The molecule has 0 bridgehead atoms. The Bertz CT molecular complexity index is 1240. The Morgan fingerprint density at radius 1 is 0.977 bits per heavy atom. The summed E-state index contributed by atoms with van der Waals surface area (Å²) in [7, 11) is -11.1. The van der Waals surface area contributed by atoms with Gasteiger partial charge in [0.15, 0.2) is 12.5 Å². The van der Waals surface area contributed by atoms with Gasteiger partial charge in [0.1, 0.15) is 42.7 Å². The number of nitrogens with zero attached hydrogens (tertiary/aromatic N) is 1. The molecule has 2 aliphatic heterocycles. The summed E-state index contributed by atoms with van der Waals surface area (Å²) >= 11 is 0. The molecule has 11 atom stereocenters. The van der Waals surface area contributed by atoms with Crippen molar-refractivity contribution in [3.8, 4) is 0 Å². The van der Waals surface area contributed by atoms with Crippen molar-refractivity contribution in [2.75, 3.05) is 13.2 Å². The maximum atomic E-state index is 12.4. The first-order valence-corrected chi connectivity index (χ1v) is 16.0. The van der Waals surface area contributed by atoms with Crippen LogP contribution in [0.15, 0.2) is 21.9 Å². The minimum atomic E-state index is -5.63. The standard InChI is InChI=1S/C17H27N3O17P2.2C2H6/c1-6(22)18-10-13(26)11(24)7(4-21)35-16(10)36-39(31,32)37-38(29,30)33-5-8-12(25)14(27)15(34-8)20-3-2-9(23)19-17(20)28;2*1-2/h2-3,7-8,10-16,21,24-27H,4-5H2,1H3,(H,18,22)(H,29,30)(H,31,32)(H,19,23,28);2*1-2H3/t7-,8+,10?,11?,12?,13-,14?,15+,16?;;/m1../s1. The van der Waals surface area contributed by atoms with Crippen LogP contribution >= 0.6 is 15.6 Å². The van der Waals surface area contributed by atoms with E-state index in [1.54, 1.807) is 0 Å². The lowest BCUT2D eigenvalue weighted by Crippen LogP contribution is -2.64. The fraction of sp³-hybridized carbons (Fsp3) is 0.762. The molecule has 43 heavy (non-hydrogen) atoms. The molecule has 0 spiro atoms. The van der Waals surface area contributed by atoms with Crippen molar-refractivity contribution < 1.29 is 72.1 Å². The predicted octanol–water partition coefficient (Wildman–Crippen LogP) is -2.60. The molecule has 7 unspecified atom stereocenters. The fourth-order valence-corrected chi connectivity index (χ4v) is 5.92. The first-order valence-electron chi connectivity index (χ1n) is 13.0. The van der Waals surface area contributed by atoms with E-state index in [1.165, 1.54) is 0 Å². The lowest BCUT2D eigenvalue weighted by molar-refractivity contribution is -0.247. The van der Waals surface area contributed by atoms with E-state index < -0.39 is 101 Å². The van der Waals surface area contributed by atoms with Gasteiger partial charge in [-0.2, -0.15) is 4.31 Å². The highest BCUT2D eigenvalue weighted by Gasteiger charge is 2.50. The number of hydrogen-bond acceptors (Lipinski definition) is 15. The van der Waals surface area contributed by atoms with Crippen molar-refractivity contribution in [1.29, 1.82) is 0 Å². The van der Waals surface area contributed by atoms with Gasteiger partial charge in [-0.3, -0.25) is 28.2 Å². The van der Waals surface area contributed by atoms with E-state index in [-0.39, 0.29) is 0 Å². The van der Waals surface area contributed by atoms with Crippen LogP contribution in [0.2, 0.25) is 0 Å². The summed E-state index contributed by atoms with van der Waals surface area (Å²) in [6, 6.07) is -0.766. The number of hydrogen-bond donors (Lipinski definition) is 9. The van der Waals surface area contributed by atoms with Gasteiger partial charge in [0.25, 0.3) is 5.56 Å². The number of aromatic amines is 1. The van der Waals surface area contributed by atoms with Crippen LogP contribution in [0, 0.1) is 0 Å². The van der Waals surface area contributed by atoms with Gasteiger partial charge in [-0.25, -0.2) is 13.9 Å². The fourth-order valence-electron chi connectivity index (χ4n) is 3.76. The van der Waals surface area contributed by atoms with Gasteiger partial charge in [-0.1, -0.05) is 27.7 Å². The number of aliphatic hydroxyl groups excluding tert-OH is 5. The molecular weight excluding hydrogens is 628 g/mol. The second-order valence-electron chi connectivity index (χ2n) is 8.42. The third-order valence-electron chi connectivity index (χ3n) is 5.56. The molecule has 2 fully saturated rings. The molecule has 3 rings (SSSR count). The van der Waals surface area contributed by atoms with Crippen LogP contribution in [0.3, 0.4) is 0 Å². The predicted molar refractivity (Wildman–Crippen MR) is 143 cm³/mol. The molecule has 0 saturated carbocycles. The number of aromatic nitrogens is 2. The van der Waals surface area contributed by atoms with E-state index in [0.29, 0.717) is 0 Å². The maximum absolute atomic E-state index is 12.4. The number of carbonyl (C=O) groups excluding carboxylic acids is 1. The average molecular weight is 667 g/mol. The van der Waals surface area contributed by atoms with Crippen molar-refractivity contribution in [1.82, 2.24) is 14.9 Å². The summed E-state index contributed by atoms with van der Waals surface area (Å²) in [4.78, 5) is 56.4. The van der Waals surface area contributed by atoms with Crippen molar-refractivity contribution in [3.05, 3.63) is 33.1 Å². The van der Waals surface area contributed by atoms with Crippen LogP contribution in [0.5, 0.6) is 0 Å². The van der Waals surface area contributed by atoms with Gasteiger partial charge >= 0.3 is 21.3 Å². The molecule has 0 aliphatic carbocycles. The molecule has 1 amide bonds. The van der Waals surface area contributed by atoms with E-state index in [9.17, 15) is 58.8 Å². The summed E-state index contributed by atoms with van der Waals surface area (Å²) in [6.45, 7) is 7.06. The molecule has 9 N–H and O–H groups in total. The molecule has 2 saturated heterocycles. The lowest BCUT2D eigenvalue weighted by atomic mass is 9.97. The second-order valence-corrected chi connectivity index (χ2v) is 11.4. The number of rotatable bonds is 10. The van der Waals surface area contributed by atoms with Crippen molar-refractivity contribution in [3.63, 3.8) is 0 Å². The Morgan fingerprint density at radius 2 is 1.56 bits per heavy atom. The first-order chi connectivity index (χ1) is 20.0. The zero-order chi connectivity index (χ0) is 33.3. The minimum absolute atomic E-state index is 0.723. The summed E-state index contributed by atoms with van der Waals surface area (Å²) in [6.07, 6.45) is -13.0. The SMILES string of the molecule is CC.CC.CC(=O)NC1C(OP(=O)(O)OP(=O)(O)OC[C@@H]2O[C@H](n3ccc(=O)[nH]c3=O)C(O)C2O)O[C@H](CO)C(O)[C@@H]1O. The van der Waals surface area contributed by atoms with E-state index in [4.69, 9.17) is 9.47 Å². The molecular formula is C21H39N3O17P2. The second kappa shape index (κ2) is 17.0. The van der Waals surface area contributed by atoms with E-state index in [0.717, 1.165) is 23.8 Å². The third-order valence-corrected chi connectivity index (χ3v) is 8.16. The van der Waals surface area contributed by atoms with Gasteiger partial charge in [0, 0.05) is 19.2 Å². The Hall–Kier alpha value is -1.87. The molecule has 1 aromatic heterocycles. The van der Waals surface area contributed by atoms with E-state index in [1.807, 2.05) is 32.7 Å². The molecule has 22 heteroatoms. The number of carbonyl (C=O) groups is 1. The van der Waals surface area contributed by atoms with Gasteiger partial charge < -0.3 is 50.1 Å². The van der Waals surface area contributed by atoms with Gasteiger partial charge in [0.2, 0.25) is 5.91 Å². The number of amides is 1. The number of H-pyrrole nitrogens is 1.